The number of pyridine rings is 1. The van der Waals surface area contributed by atoms with Crippen LogP contribution in [0, 0.1) is 0 Å². The van der Waals surface area contributed by atoms with Crippen molar-refractivity contribution in [2.75, 3.05) is 13.1 Å². The molecule has 3 atom stereocenters. The van der Waals surface area contributed by atoms with Gasteiger partial charge in [0.1, 0.15) is 18.1 Å². The van der Waals surface area contributed by atoms with Crippen LogP contribution in [-0.2, 0) is 17.8 Å². The number of alkyl halides is 4. The highest BCUT2D eigenvalue weighted by Crippen LogP contribution is 2.28. The van der Waals surface area contributed by atoms with Crippen molar-refractivity contribution in [3.63, 3.8) is 0 Å². The molecule has 1 amide bonds. The molecule has 1 saturated heterocycles. The number of aliphatic hydroxyl groups is 2. The first kappa shape index (κ1) is 27.3. The summed E-state index contributed by atoms with van der Waals surface area (Å²) in [5, 5.41) is 23.3. The molecule has 2 aromatic heterocycles. The van der Waals surface area contributed by atoms with E-state index in [1.54, 1.807) is 6.20 Å². The maximum atomic E-state index is 15.0. The molecule has 4 N–H and O–H groups in total. The number of hydrogen-bond acceptors (Lipinski definition) is 8. The number of benzene rings is 1. The van der Waals surface area contributed by atoms with Crippen LogP contribution < -0.4 is 15.2 Å². The number of carbonyl (C=O) groups is 1. The van der Waals surface area contributed by atoms with Crippen molar-refractivity contribution in [1.29, 1.82) is 0 Å². The zero-order valence-electron chi connectivity index (χ0n) is 19.9. The van der Waals surface area contributed by atoms with Gasteiger partial charge in [0.25, 0.3) is 0 Å². The van der Waals surface area contributed by atoms with E-state index in [0.717, 1.165) is 12.1 Å². The smallest absolute Gasteiger partial charge is 0.471 e. The van der Waals surface area contributed by atoms with Crippen molar-refractivity contribution in [2.24, 2.45) is 5.73 Å². The van der Waals surface area contributed by atoms with Crippen LogP contribution in [0.5, 0.6) is 11.6 Å². The first-order valence-electron chi connectivity index (χ1n) is 11.5. The Morgan fingerprint density at radius 1 is 1.21 bits per heavy atom. The van der Waals surface area contributed by atoms with E-state index in [2.05, 4.69) is 14.8 Å². The van der Waals surface area contributed by atoms with Crippen molar-refractivity contribution in [1.82, 2.24) is 19.7 Å². The fourth-order valence-electron chi connectivity index (χ4n) is 3.96. The molecule has 0 radical (unpaired) electrons. The molecule has 14 heteroatoms. The number of piperidine rings is 1. The molecule has 0 spiro atoms. The standard InChI is InChI=1S/C24H25F4N5O5/c25-19-12-32(21(35)7-14-1-3-17(4-2-14)38-24(26,27)28)6-5-20(19)37-23-18(22(29)36)8-16(10-30-23)33-11-15(13-34)9-31-33/h1-4,8-11,19-20,22,34,36H,5-7,12-13,29H2. The topological polar surface area (TPSA) is 136 Å². The molecule has 10 nitrogen and oxygen atoms in total. The first-order chi connectivity index (χ1) is 18.0. The van der Waals surface area contributed by atoms with Crippen molar-refractivity contribution in [3.05, 3.63) is 65.6 Å². The summed E-state index contributed by atoms with van der Waals surface area (Å²) in [4.78, 5) is 18.1. The van der Waals surface area contributed by atoms with E-state index in [-0.39, 0.29) is 44.0 Å². The number of rotatable bonds is 8. The lowest BCUT2D eigenvalue weighted by Crippen LogP contribution is -2.49. The number of aliphatic hydroxyl groups excluding tert-OH is 2. The molecule has 3 aromatic rings. The molecule has 4 rings (SSSR count). The number of halogens is 4. The van der Waals surface area contributed by atoms with Gasteiger partial charge in [-0.05, 0) is 23.8 Å². The van der Waals surface area contributed by atoms with Gasteiger partial charge in [-0.2, -0.15) is 5.10 Å². The van der Waals surface area contributed by atoms with E-state index in [1.807, 2.05) is 0 Å². The van der Waals surface area contributed by atoms with E-state index < -0.39 is 36.5 Å². The summed E-state index contributed by atoms with van der Waals surface area (Å²) in [5.41, 5.74) is 7.22. The number of amides is 1. The summed E-state index contributed by atoms with van der Waals surface area (Å²) in [7, 11) is 0. The minimum atomic E-state index is -4.81. The minimum absolute atomic E-state index is 0.0631. The Labute approximate surface area is 214 Å². The van der Waals surface area contributed by atoms with Crippen LogP contribution in [0.2, 0.25) is 0 Å². The molecule has 3 heterocycles. The quantitative estimate of drug-likeness (QED) is 0.293. The lowest BCUT2D eigenvalue weighted by Gasteiger charge is -2.35. The Bertz CT molecular complexity index is 1250. The van der Waals surface area contributed by atoms with Gasteiger partial charge in [0.15, 0.2) is 6.17 Å². The van der Waals surface area contributed by atoms with Crippen molar-refractivity contribution >= 4 is 5.91 Å². The second-order valence-electron chi connectivity index (χ2n) is 8.65. The third kappa shape index (κ3) is 6.76. The van der Waals surface area contributed by atoms with Gasteiger partial charge in [-0.1, -0.05) is 12.1 Å². The summed E-state index contributed by atoms with van der Waals surface area (Å²) in [6, 6.07) is 6.37. The number of aromatic nitrogens is 3. The molecule has 0 bridgehead atoms. The summed E-state index contributed by atoms with van der Waals surface area (Å²) in [5.74, 6) is -0.858. The summed E-state index contributed by atoms with van der Waals surface area (Å²) in [6.07, 6.45) is -4.38. The van der Waals surface area contributed by atoms with Crippen molar-refractivity contribution in [3.8, 4) is 17.3 Å². The van der Waals surface area contributed by atoms with Crippen molar-refractivity contribution < 1.29 is 42.0 Å². The molecule has 1 aromatic carbocycles. The highest BCUT2D eigenvalue weighted by molar-refractivity contribution is 5.79. The molecular weight excluding hydrogens is 514 g/mol. The van der Waals surface area contributed by atoms with Gasteiger partial charge in [0, 0.05) is 24.7 Å². The molecule has 38 heavy (non-hydrogen) atoms. The Morgan fingerprint density at radius 2 is 1.95 bits per heavy atom. The third-order valence-electron chi connectivity index (χ3n) is 5.88. The van der Waals surface area contributed by atoms with E-state index in [4.69, 9.17) is 10.5 Å². The van der Waals surface area contributed by atoms with E-state index in [9.17, 15) is 28.2 Å². The number of nitrogens with zero attached hydrogens (tertiary/aromatic N) is 4. The minimum Gasteiger partial charge on any atom is -0.471 e. The maximum Gasteiger partial charge on any atom is 0.573 e. The molecule has 1 aliphatic heterocycles. The van der Waals surface area contributed by atoms with Gasteiger partial charge in [-0.3, -0.25) is 4.79 Å². The summed E-state index contributed by atoms with van der Waals surface area (Å²) in [6.45, 7) is -0.285. The molecule has 0 aliphatic carbocycles. The molecule has 204 valence electrons. The Hall–Kier alpha value is -3.75. The van der Waals surface area contributed by atoms with Crippen LogP contribution in [0.1, 0.15) is 29.3 Å². The largest absolute Gasteiger partial charge is 0.573 e. The van der Waals surface area contributed by atoms with E-state index in [1.165, 1.54) is 40.2 Å². The van der Waals surface area contributed by atoms with Crippen LogP contribution in [-0.4, -0.2) is 67.5 Å². The monoisotopic (exact) mass is 539 g/mol. The van der Waals surface area contributed by atoms with Gasteiger partial charge in [0.2, 0.25) is 11.8 Å². The van der Waals surface area contributed by atoms with Gasteiger partial charge < -0.3 is 30.3 Å². The third-order valence-corrected chi connectivity index (χ3v) is 5.88. The predicted molar refractivity (Wildman–Crippen MR) is 124 cm³/mol. The number of ether oxygens (including phenoxy) is 2. The van der Waals surface area contributed by atoms with Gasteiger partial charge in [-0.15, -0.1) is 13.2 Å². The molecule has 0 saturated carbocycles. The highest BCUT2D eigenvalue weighted by Gasteiger charge is 2.34. The average Bonchev–Trinajstić information content (AvgIpc) is 3.35. The average molecular weight is 539 g/mol. The second kappa shape index (κ2) is 11.3. The fraction of sp³-hybridized carbons (Fsp3) is 0.375. The predicted octanol–water partition coefficient (Wildman–Crippen LogP) is 2.17. The Kier molecular flexibility index (Phi) is 8.14. The molecular formula is C24H25F4N5O5. The van der Waals surface area contributed by atoms with Gasteiger partial charge >= 0.3 is 6.36 Å². The number of likely N-dealkylation sites (tertiary alicyclic amines) is 1. The SMILES string of the molecule is NC(O)c1cc(-n2cc(CO)cn2)cnc1OC1CCN(C(=O)Cc2ccc(OC(F)(F)F)cc2)CC1F. The number of carbonyl (C=O) groups excluding carboxylic acids is 1. The molecule has 1 aliphatic rings. The molecule has 3 unspecified atom stereocenters. The first-order valence-corrected chi connectivity index (χ1v) is 11.5. The van der Waals surface area contributed by atoms with Crippen LogP contribution in [0.25, 0.3) is 5.69 Å². The van der Waals surface area contributed by atoms with E-state index >= 15 is 4.39 Å². The van der Waals surface area contributed by atoms with Crippen molar-refractivity contribution in [2.45, 2.75) is 44.3 Å². The zero-order chi connectivity index (χ0) is 27.4. The van der Waals surface area contributed by atoms with Gasteiger partial charge in [-0.25, -0.2) is 14.1 Å². The highest BCUT2D eigenvalue weighted by atomic mass is 19.4. The maximum absolute atomic E-state index is 15.0. The summed E-state index contributed by atoms with van der Waals surface area (Å²) < 4.78 is 62.9. The Morgan fingerprint density at radius 3 is 2.55 bits per heavy atom. The van der Waals surface area contributed by atoms with E-state index in [0.29, 0.717) is 16.8 Å². The lowest BCUT2D eigenvalue weighted by molar-refractivity contribution is -0.274. The van der Waals surface area contributed by atoms with Crippen LogP contribution >= 0.6 is 0 Å². The lowest BCUT2D eigenvalue weighted by atomic mass is 10.0. The normalized spacial score (nSPS) is 18.8. The molecule has 1 fully saturated rings. The Balaban J connectivity index is 1.36. The van der Waals surface area contributed by atoms with Crippen LogP contribution in [0.4, 0.5) is 17.6 Å². The fourth-order valence-corrected chi connectivity index (χ4v) is 3.96. The zero-order valence-corrected chi connectivity index (χ0v) is 19.9. The van der Waals surface area contributed by atoms with Crippen LogP contribution in [0.15, 0.2) is 48.9 Å². The number of hydrogen-bond donors (Lipinski definition) is 3. The van der Waals surface area contributed by atoms with Gasteiger partial charge in [0.05, 0.1) is 43.2 Å². The number of nitrogens with two attached hydrogens (primary N) is 1. The second-order valence-corrected chi connectivity index (χ2v) is 8.65. The van der Waals surface area contributed by atoms with Crippen LogP contribution in [0.3, 0.4) is 0 Å². The summed E-state index contributed by atoms with van der Waals surface area (Å²) >= 11 is 0.